The van der Waals surface area contributed by atoms with Gasteiger partial charge >= 0.3 is 5.70 Å². The maximum atomic E-state index is 11.9. The number of allylic oxidation sites excluding steroid dienone is 4. The first kappa shape index (κ1) is 20.3. The molecular weight excluding hydrogens is 420 g/mol. The summed E-state index contributed by atoms with van der Waals surface area (Å²) in [5, 5.41) is 21.4. The molecule has 0 saturated carbocycles. The van der Waals surface area contributed by atoms with E-state index in [-0.39, 0.29) is 16.3 Å². The van der Waals surface area contributed by atoms with Gasteiger partial charge in [-0.1, -0.05) is 48.5 Å². The van der Waals surface area contributed by atoms with E-state index in [1.54, 1.807) is 24.3 Å². The molecule has 0 aromatic heterocycles. The molecular formula is C26H16N2O5. The lowest BCUT2D eigenvalue weighted by atomic mass is 9.94. The van der Waals surface area contributed by atoms with Gasteiger partial charge in [-0.05, 0) is 63.6 Å². The van der Waals surface area contributed by atoms with E-state index in [0.717, 1.165) is 34.2 Å². The van der Waals surface area contributed by atoms with Crippen LogP contribution in [0.15, 0.2) is 90.2 Å². The number of fused-ring (bicyclic) bond motifs is 6. The number of hydrogen-bond acceptors (Lipinski definition) is 5. The molecule has 160 valence electrons. The molecule has 0 fully saturated rings. The Hall–Kier alpha value is -4.65. The van der Waals surface area contributed by atoms with E-state index >= 15 is 0 Å². The van der Waals surface area contributed by atoms with Crippen LogP contribution in [0, 0.1) is 20.2 Å². The van der Waals surface area contributed by atoms with Gasteiger partial charge in [-0.2, -0.15) is 0 Å². The fourth-order valence-corrected chi connectivity index (χ4v) is 4.38. The van der Waals surface area contributed by atoms with Crippen LogP contribution in [0.25, 0.3) is 22.8 Å². The van der Waals surface area contributed by atoms with Gasteiger partial charge in [0.15, 0.2) is 0 Å². The number of carbonyl (C=O) groups is 1. The van der Waals surface area contributed by atoms with Crippen molar-refractivity contribution in [2.75, 3.05) is 0 Å². The lowest BCUT2D eigenvalue weighted by Crippen LogP contribution is -2.15. The first-order chi connectivity index (χ1) is 15.9. The Kier molecular flexibility index (Phi) is 4.79. The Balaban J connectivity index is 0.000000139. The van der Waals surface area contributed by atoms with Crippen molar-refractivity contribution in [3.63, 3.8) is 0 Å². The van der Waals surface area contributed by atoms with Gasteiger partial charge in [-0.3, -0.25) is 25.0 Å². The number of benzene rings is 3. The summed E-state index contributed by atoms with van der Waals surface area (Å²) in [6.07, 6.45) is 5.42. The van der Waals surface area contributed by atoms with Crippen LogP contribution in [-0.2, 0) is 11.2 Å². The van der Waals surface area contributed by atoms with E-state index in [9.17, 15) is 25.0 Å². The van der Waals surface area contributed by atoms with Crippen molar-refractivity contribution in [2.45, 2.75) is 6.42 Å². The number of rotatable bonds is 2. The molecule has 6 rings (SSSR count). The number of non-ortho nitro benzene ring substituents is 1. The molecule has 0 heterocycles. The van der Waals surface area contributed by atoms with Crippen LogP contribution < -0.4 is 0 Å². The third-order valence-electron chi connectivity index (χ3n) is 5.91. The predicted octanol–water partition coefficient (Wildman–Crippen LogP) is 5.38. The van der Waals surface area contributed by atoms with Crippen molar-refractivity contribution in [3.05, 3.63) is 133 Å². The van der Waals surface area contributed by atoms with Gasteiger partial charge in [-0.25, -0.2) is 0 Å². The summed E-state index contributed by atoms with van der Waals surface area (Å²) in [6.45, 7) is 0. The molecule has 0 saturated heterocycles. The molecule has 0 amide bonds. The molecule has 0 radical (unpaired) electrons. The highest BCUT2D eigenvalue weighted by Gasteiger charge is 2.34. The van der Waals surface area contributed by atoms with Crippen LogP contribution in [0.3, 0.4) is 0 Å². The summed E-state index contributed by atoms with van der Waals surface area (Å²) in [4.78, 5) is 32.3. The summed E-state index contributed by atoms with van der Waals surface area (Å²) in [7, 11) is 0. The number of Topliss-reactive ketones (excluding diaryl/α,β-unsaturated/α-hetero) is 1. The summed E-state index contributed by atoms with van der Waals surface area (Å²) in [5.74, 6) is -0.510. The minimum atomic E-state index is -0.639. The van der Waals surface area contributed by atoms with E-state index in [1.807, 2.05) is 42.5 Å². The van der Waals surface area contributed by atoms with Gasteiger partial charge in [0.2, 0.25) is 0 Å². The van der Waals surface area contributed by atoms with Crippen LogP contribution in [0.5, 0.6) is 0 Å². The van der Waals surface area contributed by atoms with E-state index in [2.05, 4.69) is 12.1 Å². The number of nitro groups is 2. The van der Waals surface area contributed by atoms with Gasteiger partial charge < -0.3 is 0 Å². The van der Waals surface area contributed by atoms with Gasteiger partial charge in [0.1, 0.15) is 0 Å². The Labute approximate surface area is 188 Å². The Bertz CT molecular complexity index is 1460. The standard InChI is InChI=1S/C13H7NO3.C13H9NO2/c15-13-11-7-8-3-1-2-4-9(8)10(11)5-6-12(13)14(16)17;15-14(16)11-5-6-13-10(8-11)7-9-3-1-2-4-12(9)13/h1-7H;1-6,8H,7H2. The third kappa shape index (κ3) is 3.45. The van der Waals surface area contributed by atoms with Crippen LogP contribution in [0.1, 0.15) is 22.3 Å². The molecule has 3 aromatic rings. The van der Waals surface area contributed by atoms with Crippen LogP contribution in [-0.4, -0.2) is 15.6 Å². The molecule has 0 spiro atoms. The second kappa shape index (κ2) is 7.80. The van der Waals surface area contributed by atoms with Crippen LogP contribution in [0.2, 0.25) is 0 Å². The molecule has 0 bridgehead atoms. The topological polar surface area (TPSA) is 103 Å². The Morgan fingerprint density at radius 2 is 1.39 bits per heavy atom. The van der Waals surface area contributed by atoms with Crippen molar-refractivity contribution in [2.24, 2.45) is 0 Å². The molecule has 3 aliphatic carbocycles. The minimum Gasteiger partial charge on any atom is -0.282 e. The van der Waals surface area contributed by atoms with E-state index < -0.39 is 10.7 Å². The minimum absolute atomic E-state index is 0.173. The average Bonchev–Trinajstić information content (AvgIpc) is 3.38. The molecule has 0 aliphatic heterocycles. The zero-order valence-electron chi connectivity index (χ0n) is 17.2. The molecule has 0 atom stereocenters. The smallest absolute Gasteiger partial charge is 0.282 e. The SMILES string of the molecule is O=C1C2=Cc3ccccc3C2=CC=C1[N+](=O)[O-].O=[N+]([O-])c1ccc2c(c1)Cc1ccccc1-2. The zero-order valence-corrected chi connectivity index (χ0v) is 17.2. The monoisotopic (exact) mass is 436 g/mol. The molecule has 0 unspecified atom stereocenters. The average molecular weight is 436 g/mol. The van der Waals surface area contributed by atoms with Gasteiger partial charge in [0.25, 0.3) is 11.5 Å². The highest BCUT2D eigenvalue weighted by Crippen LogP contribution is 2.39. The van der Waals surface area contributed by atoms with Gasteiger partial charge in [0.05, 0.1) is 9.85 Å². The number of carbonyl (C=O) groups excluding carboxylic acids is 1. The highest BCUT2D eigenvalue weighted by molar-refractivity contribution is 6.24. The fraction of sp³-hybridized carbons (Fsp3) is 0.0385. The van der Waals surface area contributed by atoms with Crippen LogP contribution in [0.4, 0.5) is 5.69 Å². The molecule has 3 aromatic carbocycles. The second-order valence-corrected chi connectivity index (χ2v) is 7.80. The van der Waals surface area contributed by atoms with Crippen molar-refractivity contribution in [1.82, 2.24) is 0 Å². The van der Waals surface area contributed by atoms with Crippen molar-refractivity contribution in [3.8, 4) is 11.1 Å². The number of nitro benzene ring substituents is 1. The summed E-state index contributed by atoms with van der Waals surface area (Å²) in [6, 6.07) is 20.8. The summed E-state index contributed by atoms with van der Waals surface area (Å²) in [5.41, 5.74) is 7.51. The summed E-state index contributed by atoms with van der Waals surface area (Å²) >= 11 is 0. The van der Waals surface area contributed by atoms with Crippen molar-refractivity contribution in [1.29, 1.82) is 0 Å². The van der Waals surface area contributed by atoms with Gasteiger partial charge in [-0.15, -0.1) is 0 Å². The fourth-order valence-electron chi connectivity index (χ4n) is 4.38. The van der Waals surface area contributed by atoms with E-state index in [1.165, 1.54) is 17.2 Å². The van der Waals surface area contributed by atoms with Crippen molar-refractivity contribution >= 4 is 23.1 Å². The molecule has 7 nitrogen and oxygen atoms in total. The Morgan fingerprint density at radius 1 is 0.697 bits per heavy atom. The van der Waals surface area contributed by atoms with Gasteiger partial charge in [0, 0.05) is 23.8 Å². The molecule has 3 aliphatic rings. The quantitative estimate of drug-likeness (QED) is 0.310. The third-order valence-corrected chi connectivity index (χ3v) is 5.91. The summed E-state index contributed by atoms with van der Waals surface area (Å²) < 4.78 is 0. The van der Waals surface area contributed by atoms with Crippen molar-refractivity contribution < 1.29 is 14.6 Å². The van der Waals surface area contributed by atoms with E-state index in [4.69, 9.17) is 0 Å². The molecule has 0 N–H and O–H groups in total. The number of hydrogen-bond donors (Lipinski definition) is 0. The zero-order chi connectivity index (χ0) is 23.1. The maximum Gasteiger partial charge on any atom is 0.316 e. The molecule has 7 heteroatoms. The number of nitrogens with zero attached hydrogens (tertiary/aromatic N) is 2. The highest BCUT2D eigenvalue weighted by atomic mass is 16.6. The number of ketones is 1. The van der Waals surface area contributed by atoms with Crippen LogP contribution >= 0.6 is 0 Å². The molecule has 33 heavy (non-hydrogen) atoms. The first-order valence-electron chi connectivity index (χ1n) is 10.2. The first-order valence-corrected chi connectivity index (χ1v) is 10.2. The second-order valence-electron chi connectivity index (χ2n) is 7.80. The Morgan fingerprint density at radius 3 is 2.15 bits per heavy atom. The lowest BCUT2D eigenvalue weighted by Gasteiger charge is -2.08. The largest absolute Gasteiger partial charge is 0.316 e. The predicted molar refractivity (Wildman–Crippen MR) is 124 cm³/mol. The lowest BCUT2D eigenvalue weighted by molar-refractivity contribution is -0.418. The maximum absolute atomic E-state index is 11.9. The van der Waals surface area contributed by atoms with E-state index in [0.29, 0.717) is 5.57 Å². The normalized spacial score (nSPS) is 14.4.